The average Bonchev–Trinajstić information content (AvgIpc) is 0.847. The highest BCUT2D eigenvalue weighted by Gasteiger charge is 2.19. The molecule has 35 heteroatoms. The van der Waals surface area contributed by atoms with Gasteiger partial charge in [0.15, 0.2) is 0 Å². The molecule has 0 saturated carbocycles. The van der Waals surface area contributed by atoms with Crippen LogP contribution in [0.2, 0.25) is 0 Å². The van der Waals surface area contributed by atoms with Gasteiger partial charge in [0.1, 0.15) is 47.3 Å². The fourth-order valence-electron chi connectivity index (χ4n) is 7.30. The number of hydrogen-bond acceptors (Lipinski definition) is 29. The summed E-state index contributed by atoms with van der Waals surface area (Å²) in [6.07, 6.45) is 5.44. The molecule has 0 radical (unpaired) electrons. The van der Waals surface area contributed by atoms with Crippen LogP contribution in [0.4, 0.5) is 19.8 Å². The Labute approximate surface area is 628 Å². The number of carbonyl (C=O) groups excluding carboxylic acids is 5. The summed E-state index contributed by atoms with van der Waals surface area (Å²) in [5, 5.41) is 34.1. The summed E-state index contributed by atoms with van der Waals surface area (Å²) < 4.78 is 70.4. The molecular weight excluding hydrogens is 1500 g/mol. The molecule has 2 amide bonds. The zero-order valence-corrected chi connectivity index (χ0v) is 63.6. The first kappa shape index (κ1) is 92.1. The van der Waals surface area contributed by atoms with E-state index < -0.39 is 54.4 Å². The van der Waals surface area contributed by atoms with Gasteiger partial charge < -0.3 is 94.7 Å². The smallest absolute Gasteiger partial charge is 0.475 e. The third kappa shape index (κ3) is 45.1. The van der Waals surface area contributed by atoms with Crippen molar-refractivity contribution in [1.29, 1.82) is 0 Å². The van der Waals surface area contributed by atoms with Gasteiger partial charge in [0.2, 0.25) is 17.7 Å². The molecule has 574 valence electrons. The molecule has 10 N–H and O–H groups in total. The van der Waals surface area contributed by atoms with Crippen molar-refractivity contribution in [2.24, 2.45) is 11.5 Å². The van der Waals surface area contributed by atoms with Crippen LogP contribution in [0.5, 0.6) is 11.8 Å². The van der Waals surface area contributed by atoms with Crippen molar-refractivity contribution in [3.8, 4) is 34.3 Å². The van der Waals surface area contributed by atoms with Crippen LogP contribution >= 0.6 is 31.9 Å². The van der Waals surface area contributed by atoms with Crippen LogP contribution < -0.4 is 42.5 Å². The van der Waals surface area contributed by atoms with Crippen LogP contribution in [0.25, 0.3) is 22.5 Å². The Bertz CT molecular complexity index is 3590. The molecular formula is C70H96BBr2FN12O19. The molecule has 0 spiro atoms. The van der Waals surface area contributed by atoms with Crippen molar-refractivity contribution in [3.05, 3.63) is 160 Å². The summed E-state index contributed by atoms with van der Waals surface area (Å²) in [5.74, 6) is -0.255. The molecule has 105 heavy (non-hydrogen) atoms. The molecule has 0 atom stereocenters. The second kappa shape index (κ2) is 54.6. The van der Waals surface area contributed by atoms with E-state index in [9.17, 15) is 28.4 Å². The predicted octanol–water partition coefficient (Wildman–Crippen LogP) is 7.59. The number of aliphatic hydroxyl groups is 1. The standard InChI is InChI=1S/C22H29N3O6.C17H22N4O3.C14H21BrN2O4.C8H10BNO4.C5H3BrFN.C4H11NO2/c1-5-29-20(26)18-8-6-7-17(25-18)16-9-10-23-19(15-16)30-14-13-28-12-11-24-21(27)31-22(2,3)4;1-2-24-17(22)15-5-3-4-14(21-15)13-6-8-19-16(12-13)20-9-11-23-10-7-18;1-14(2,3)21-13(18)17-6-7-19-8-9-20-12-10-11(15)4-5-16-12;1-2-14-8(11)6-4-3-5-7(10-6)9(12)13;6-4-1-2-8-5(7)3-4;5-1-3-7-4-2-6/h6-10,15H,5,11-14H2,1-4H3,(H,24,27);3-6,8,12H,2,7,9-11,18H2,1H3,(H,19,20);4-5,10H,6-9H2,1-3H3,(H,17,18);3-5,12-13H,2H2,1H3;1-3H;6H,1-5H2. The number of pyridine rings is 7. The lowest BCUT2D eigenvalue weighted by molar-refractivity contribution is 0.0478. The van der Waals surface area contributed by atoms with Crippen LogP contribution in [0, 0.1) is 5.95 Å². The van der Waals surface area contributed by atoms with Gasteiger partial charge in [-0.25, -0.2) is 58.9 Å². The van der Waals surface area contributed by atoms with Crippen molar-refractivity contribution in [1.82, 2.24) is 45.5 Å². The lowest BCUT2D eigenvalue weighted by Crippen LogP contribution is -2.34. The van der Waals surface area contributed by atoms with E-state index in [2.05, 4.69) is 82.7 Å². The van der Waals surface area contributed by atoms with Gasteiger partial charge in [-0.1, -0.05) is 50.1 Å². The second-order valence-electron chi connectivity index (χ2n) is 22.5. The SMILES string of the molecule is CC(C)(C)OC(=O)NCCOCCOc1cc(Br)ccn1.CCOC(=O)c1cccc(-c2ccnc(NCCOCCN)c2)n1.CCOC(=O)c1cccc(-c2ccnc(OCCOCCNC(=O)OC(C)(C)C)c2)n1.CCOC(=O)c1cccc(B(O)O)n1.Fc1cc(Br)ccn1.NCCOCCO. The quantitative estimate of drug-likeness (QED) is 0.00645. The molecule has 7 aromatic heterocycles. The Balaban J connectivity index is 0.000000455. The minimum Gasteiger partial charge on any atom is -0.475 e. The molecule has 7 heterocycles. The Morgan fingerprint density at radius 1 is 0.495 bits per heavy atom. The number of nitrogens with two attached hydrogens (primary N) is 2. The minimum atomic E-state index is -1.68. The number of carbonyl (C=O) groups is 5. The number of aliphatic hydroxyl groups excluding tert-OH is 1. The summed E-state index contributed by atoms with van der Waals surface area (Å²) in [6.45, 7) is 23.6. The molecule has 0 unspecified atom stereocenters. The van der Waals surface area contributed by atoms with Crippen molar-refractivity contribution in [2.75, 3.05) is 131 Å². The van der Waals surface area contributed by atoms with Crippen molar-refractivity contribution in [3.63, 3.8) is 0 Å². The molecule has 0 fully saturated rings. The molecule has 0 aliphatic heterocycles. The van der Waals surface area contributed by atoms with Crippen molar-refractivity contribution >= 4 is 80.5 Å². The van der Waals surface area contributed by atoms with Gasteiger partial charge >= 0.3 is 37.2 Å². The molecule has 0 aliphatic rings. The van der Waals surface area contributed by atoms with E-state index in [-0.39, 0.29) is 42.5 Å². The van der Waals surface area contributed by atoms with E-state index in [1.54, 1.807) is 115 Å². The van der Waals surface area contributed by atoms with E-state index in [0.717, 1.165) is 15.6 Å². The molecule has 7 aromatic rings. The maximum absolute atomic E-state index is 12.0. The van der Waals surface area contributed by atoms with Gasteiger partial charge in [0.05, 0.1) is 96.3 Å². The number of anilines is 1. The largest absolute Gasteiger partial charge is 0.508 e. The first-order chi connectivity index (χ1) is 50.2. The second-order valence-corrected chi connectivity index (χ2v) is 24.3. The Morgan fingerprint density at radius 3 is 1.35 bits per heavy atom. The average molecular weight is 1600 g/mol. The number of hydrogen-bond donors (Lipinski definition) is 8. The Hall–Kier alpha value is -9.01. The summed E-state index contributed by atoms with van der Waals surface area (Å²) in [4.78, 5) is 85.9. The number of rotatable bonds is 33. The van der Waals surface area contributed by atoms with Crippen molar-refractivity contribution in [2.45, 2.75) is 73.5 Å². The number of esters is 3. The zero-order valence-electron chi connectivity index (χ0n) is 60.4. The van der Waals surface area contributed by atoms with Gasteiger partial charge in [-0.05, 0) is 129 Å². The zero-order chi connectivity index (χ0) is 77.7. The van der Waals surface area contributed by atoms with Gasteiger partial charge in [-0.3, -0.25) is 0 Å². The number of aromatic nitrogens is 7. The predicted molar refractivity (Wildman–Crippen MR) is 397 cm³/mol. The molecule has 0 bridgehead atoms. The minimum absolute atomic E-state index is 0.0237. The highest BCUT2D eigenvalue weighted by molar-refractivity contribution is 9.10. The van der Waals surface area contributed by atoms with Crippen LogP contribution in [0.1, 0.15) is 93.8 Å². The molecule has 0 saturated heterocycles. The Kier molecular flexibility index (Phi) is 47.9. The molecule has 0 aromatic carbocycles. The van der Waals surface area contributed by atoms with E-state index in [0.29, 0.717) is 139 Å². The number of amides is 2. The normalized spacial score (nSPS) is 10.4. The lowest BCUT2D eigenvalue weighted by atomic mass is 9.85. The van der Waals surface area contributed by atoms with Gasteiger partial charge in [-0.2, -0.15) is 4.39 Å². The van der Waals surface area contributed by atoms with Crippen LogP contribution in [-0.4, -0.2) is 224 Å². The number of nitrogens with one attached hydrogen (secondary N) is 3. The fraction of sp³-hybridized carbons (Fsp3) is 0.429. The van der Waals surface area contributed by atoms with Gasteiger partial charge in [-0.15, -0.1) is 0 Å². The third-order valence-corrected chi connectivity index (χ3v) is 12.5. The first-order valence-electron chi connectivity index (χ1n) is 33.1. The van der Waals surface area contributed by atoms with E-state index in [1.807, 2.05) is 45.0 Å². The summed E-state index contributed by atoms with van der Waals surface area (Å²) in [5.41, 5.74) is 12.9. The summed E-state index contributed by atoms with van der Waals surface area (Å²) in [7, 11) is -1.68. The van der Waals surface area contributed by atoms with Crippen LogP contribution in [0.3, 0.4) is 0 Å². The summed E-state index contributed by atoms with van der Waals surface area (Å²) in [6, 6.07) is 28.6. The highest BCUT2D eigenvalue weighted by atomic mass is 79.9. The third-order valence-electron chi connectivity index (χ3n) is 11.6. The van der Waals surface area contributed by atoms with Crippen LogP contribution in [0.15, 0.2) is 137 Å². The van der Waals surface area contributed by atoms with Crippen LogP contribution in [-0.2, 0) is 42.6 Å². The number of alkyl carbamates (subject to hydrolysis) is 2. The number of nitrogens with zero attached hydrogens (tertiary/aromatic N) is 7. The lowest BCUT2D eigenvalue weighted by Gasteiger charge is -2.19. The van der Waals surface area contributed by atoms with Crippen molar-refractivity contribution < 1.29 is 95.6 Å². The molecule has 0 aliphatic carbocycles. The fourth-order valence-corrected chi connectivity index (χ4v) is 7.92. The monoisotopic (exact) mass is 1600 g/mol. The Morgan fingerprint density at radius 2 is 0.914 bits per heavy atom. The number of ether oxygens (including phenoxy) is 11. The maximum atomic E-state index is 12.0. The van der Waals surface area contributed by atoms with E-state index in [4.69, 9.17) is 78.7 Å². The maximum Gasteiger partial charge on any atom is 0.508 e. The molecule has 31 nitrogen and oxygen atoms in total. The number of halogens is 3. The molecule has 7 rings (SSSR count). The van der Waals surface area contributed by atoms with Gasteiger partial charge in [0.25, 0.3) is 0 Å². The van der Waals surface area contributed by atoms with Gasteiger partial charge in [0, 0.05) is 95.8 Å². The first-order valence-corrected chi connectivity index (χ1v) is 34.7. The van der Waals surface area contributed by atoms with E-state index in [1.165, 1.54) is 30.5 Å². The highest BCUT2D eigenvalue weighted by Crippen LogP contribution is 2.23. The van der Waals surface area contributed by atoms with E-state index >= 15 is 0 Å². The topological polar surface area (TPSA) is 426 Å². The summed E-state index contributed by atoms with van der Waals surface area (Å²) >= 11 is 6.42.